The van der Waals surface area contributed by atoms with E-state index in [4.69, 9.17) is 10.00 Å². The van der Waals surface area contributed by atoms with E-state index in [1.807, 2.05) is 30.3 Å². The molecule has 0 aliphatic rings. The molecule has 0 saturated heterocycles. The Morgan fingerprint density at radius 3 is 2.35 bits per heavy atom. The Bertz CT molecular complexity index is 843. The molecule has 2 aromatic rings. The van der Waals surface area contributed by atoms with Gasteiger partial charge in [0.2, 0.25) is 0 Å². The van der Waals surface area contributed by atoms with Crippen LogP contribution in [-0.4, -0.2) is 18.0 Å². The van der Waals surface area contributed by atoms with Gasteiger partial charge in [-0.25, -0.2) is 4.79 Å². The van der Waals surface area contributed by atoms with Crippen molar-refractivity contribution in [3.63, 3.8) is 0 Å². The van der Waals surface area contributed by atoms with Crippen LogP contribution in [0.1, 0.15) is 49.2 Å². The van der Waals surface area contributed by atoms with Crippen molar-refractivity contribution < 1.29 is 14.3 Å². The molecule has 0 radical (unpaired) electrons. The second-order valence-corrected chi connectivity index (χ2v) is 7.06. The van der Waals surface area contributed by atoms with E-state index in [9.17, 15) is 9.59 Å². The van der Waals surface area contributed by atoms with Gasteiger partial charge in [0.05, 0.1) is 17.2 Å². The average Bonchev–Trinajstić information content (AvgIpc) is 2.61. The lowest BCUT2D eigenvalue weighted by molar-refractivity contribution is -0.123. The van der Waals surface area contributed by atoms with E-state index < -0.39 is 18.0 Å². The monoisotopic (exact) mass is 350 g/mol. The van der Waals surface area contributed by atoms with Gasteiger partial charge in [0.25, 0.3) is 5.91 Å². The van der Waals surface area contributed by atoms with Crippen LogP contribution in [0.15, 0.2) is 48.5 Å². The zero-order chi connectivity index (χ0) is 19.3. The van der Waals surface area contributed by atoms with Crippen LogP contribution < -0.4 is 5.32 Å². The van der Waals surface area contributed by atoms with Gasteiger partial charge in [0.1, 0.15) is 0 Å². The molecule has 0 aliphatic heterocycles. The number of hydrogen-bond acceptors (Lipinski definition) is 4. The van der Waals surface area contributed by atoms with E-state index in [2.05, 4.69) is 26.1 Å². The summed E-state index contributed by atoms with van der Waals surface area (Å²) in [5, 5.41) is 11.6. The summed E-state index contributed by atoms with van der Waals surface area (Å²) >= 11 is 0. The Kier molecular flexibility index (Phi) is 5.78. The maximum absolute atomic E-state index is 12.2. The highest BCUT2D eigenvalue weighted by molar-refractivity contribution is 5.97. The fourth-order valence-corrected chi connectivity index (χ4v) is 2.30. The summed E-state index contributed by atoms with van der Waals surface area (Å²) in [5.41, 5.74) is 2.42. The van der Waals surface area contributed by atoms with Crippen LogP contribution in [0, 0.1) is 11.3 Å². The highest BCUT2D eigenvalue weighted by Gasteiger charge is 2.20. The van der Waals surface area contributed by atoms with Crippen molar-refractivity contribution in [1.82, 2.24) is 0 Å². The molecule has 0 aliphatic carbocycles. The van der Waals surface area contributed by atoms with Gasteiger partial charge < -0.3 is 10.1 Å². The van der Waals surface area contributed by atoms with Gasteiger partial charge in [-0.1, -0.05) is 39.0 Å². The molecule has 26 heavy (non-hydrogen) atoms. The minimum absolute atomic E-state index is 0.0311. The van der Waals surface area contributed by atoms with Crippen molar-refractivity contribution in [2.75, 3.05) is 5.32 Å². The van der Waals surface area contributed by atoms with Crippen molar-refractivity contribution in [2.45, 2.75) is 39.2 Å². The Morgan fingerprint density at radius 1 is 1.12 bits per heavy atom. The predicted molar refractivity (Wildman–Crippen MR) is 99.8 cm³/mol. The fourth-order valence-electron chi connectivity index (χ4n) is 2.30. The van der Waals surface area contributed by atoms with Crippen LogP contribution in [0.2, 0.25) is 0 Å². The minimum Gasteiger partial charge on any atom is -0.449 e. The van der Waals surface area contributed by atoms with Crippen LogP contribution in [0.5, 0.6) is 0 Å². The minimum atomic E-state index is -0.962. The Balaban J connectivity index is 1.99. The van der Waals surface area contributed by atoms with Crippen LogP contribution in [0.3, 0.4) is 0 Å². The van der Waals surface area contributed by atoms with Crippen LogP contribution in [0.25, 0.3) is 0 Å². The first kappa shape index (κ1) is 19.2. The van der Waals surface area contributed by atoms with Gasteiger partial charge in [-0.15, -0.1) is 0 Å². The number of esters is 1. The van der Waals surface area contributed by atoms with E-state index in [0.29, 0.717) is 11.3 Å². The topological polar surface area (TPSA) is 79.2 Å². The molecule has 1 atom stereocenters. The lowest BCUT2D eigenvalue weighted by Gasteiger charge is -2.19. The number of carbonyl (C=O) groups excluding carboxylic acids is 2. The van der Waals surface area contributed by atoms with Gasteiger partial charge in [-0.3, -0.25) is 4.79 Å². The zero-order valence-corrected chi connectivity index (χ0v) is 15.4. The standard InChI is InChI=1S/C21H22N2O3/c1-14(26-20(25)16-7-5-6-15(12-16)13-22)19(24)23-18-10-8-17(9-11-18)21(2,3)4/h5-12,14H,1-4H3,(H,23,24). The predicted octanol–water partition coefficient (Wildman–Crippen LogP) is 4.04. The molecule has 2 aromatic carbocycles. The van der Waals surface area contributed by atoms with Gasteiger partial charge in [0, 0.05) is 5.69 Å². The lowest BCUT2D eigenvalue weighted by Crippen LogP contribution is -2.30. The Hall–Kier alpha value is -3.13. The molecule has 0 heterocycles. The van der Waals surface area contributed by atoms with Crippen LogP contribution in [-0.2, 0) is 14.9 Å². The SMILES string of the molecule is CC(OC(=O)c1cccc(C#N)c1)C(=O)Nc1ccc(C(C)(C)C)cc1. The van der Waals surface area contributed by atoms with Crippen molar-refractivity contribution in [2.24, 2.45) is 0 Å². The summed E-state index contributed by atoms with van der Waals surface area (Å²) in [4.78, 5) is 24.4. The maximum Gasteiger partial charge on any atom is 0.338 e. The quantitative estimate of drug-likeness (QED) is 0.844. The average molecular weight is 350 g/mol. The largest absolute Gasteiger partial charge is 0.449 e. The number of rotatable bonds is 4. The molecule has 0 saturated carbocycles. The van der Waals surface area contributed by atoms with Gasteiger partial charge >= 0.3 is 5.97 Å². The number of hydrogen-bond donors (Lipinski definition) is 1. The molecule has 2 rings (SSSR count). The summed E-state index contributed by atoms with van der Waals surface area (Å²) in [5.74, 6) is -1.06. The third-order valence-electron chi connectivity index (χ3n) is 3.90. The van der Waals surface area contributed by atoms with Crippen LogP contribution in [0.4, 0.5) is 5.69 Å². The molecule has 1 amide bonds. The molecule has 0 fully saturated rings. The number of anilines is 1. The number of nitrogens with zero attached hydrogens (tertiary/aromatic N) is 1. The third kappa shape index (κ3) is 4.93. The molecule has 0 aromatic heterocycles. The first-order chi connectivity index (χ1) is 12.2. The number of carbonyl (C=O) groups is 2. The molecular formula is C21H22N2O3. The van der Waals surface area contributed by atoms with Crippen molar-refractivity contribution in [3.8, 4) is 6.07 Å². The summed E-state index contributed by atoms with van der Waals surface area (Å²) in [7, 11) is 0. The van der Waals surface area contributed by atoms with Crippen molar-refractivity contribution in [3.05, 3.63) is 65.2 Å². The molecule has 1 N–H and O–H groups in total. The third-order valence-corrected chi connectivity index (χ3v) is 3.90. The van der Waals surface area contributed by atoms with Crippen molar-refractivity contribution >= 4 is 17.6 Å². The smallest absolute Gasteiger partial charge is 0.338 e. The van der Waals surface area contributed by atoms with E-state index in [1.54, 1.807) is 18.2 Å². The lowest BCUT2D eigenvalue weighted by atomic mass is 9.87. The normalized spacial score (nSPS) is 12.0. The molecule has 134 valence electrons. The van der Waals surface area contributed by atoms with Gasteiger partial charge in [-0.05, 0) is 48.2 Å². The summed E-state index contributed by atoms with van der Waals surface area (Å²) < 4.78 is 5.19. The first-order valence-electron chi connectivity index (χ1n) is 8.33. The Labute approximate surface area is 153 Å². The highest BCUT2D eigenvalue weighted by atomic mass is 16.5. The maximum atomic E-state index is 12.2. The number of ether oxygens (including phenoxy) is 1. The van der Waals surface area contributed by atoms with Crippen LogP contribution >= 0.6 is 0 Å². The van der Waals surface area contributed by atoms with E-state index in [0.717, 1.165) is 5.56 Å². The first-order valence-corrected chi connectivity index (χ1v) is 8.33. The molecule has 5 nitrogen and oxygen atoms in total. The van der Waals surface area contributed by atoms with E-state index in [1.165, 1.54) is 13.0 Å². The number of nitriles is 1. The second kappa shape index (κ2) is 7.83. The molecular weight excluding hydrogens is 328 g/mol. The van der Waals surface area contributed by atoms with Gasteiger partial charge in [0.15, 0.2) is 6.10 Å². The Morgan fingerprint density at radius 2 is 1.77 bits per heavy atom. The summed E-state index contributed by atoms with van der Waals surface area (Å²) in [6.45, 7) is 7.85. The van der Waals surface area contributed by atoms with E-state index >= 15 is 0 Å². The van der Waals surface area contributed by atoms with E-state index in [-0.39, 0.29) is 11.0 Å². The molecule has 0 spiro atoms. The number of amides is 1. The van der Waals surface area contributed by atoms with Gasteiger partial charge in [-0.2, -0.15) is 5.26 Å². The zero-order valence-electron chi connectivity index (χ0n) is 15.4. The highest BCUT2D eigenvalue weighted by Crippen LogP contribution is 2.23. The fraction of sp³-hybridized carbons (Fsp3) is 0.286. The molecule has 5 heteroatoms. The summed E-state index contributed by atoms with van der Waals surface area (Å²) in [6, 6.07) is 15.7. The second-order valence-electron chi connectivity index (χ2n) is 7.06. The molecule has 0 bridgehead atoms. The van der Waals surface area contributed by atoms with Crippen molar-refractivity contribution in [1.29, 1.82) is 5.26 Å². The molecule has 1 unspecified atom stereocenters. The number of nitrogens with one attached hydrogen (secondary N) is 1. The summed E-state index contributed by atoms with van der Waals surface area (Å²) in [6.07, 6.45) is -0.962. The number of benzene rings is 2.